The summed E-state index contributed by atoms with van der Waals surface area (Å²) in [7, 11) is 0. The normalized spacial score (nSPS) is 10.6. The summed E-state index contributed by atoms with van der Waals surface area (Å²) in [5.74, 6) is 0.0657. The average Bonchev–Trinajstić information content (AvgIpc) is 2.53. The van der Waals surface area contributed by atoms with Gasteiger partial charge in [0.1, 0.15) is 6.61 Å². The molecule has 0 unspecified atom stereocenters. The molecule has 0 bridgehead atoms. The van der Waals surface area contributed by atoms with Crippen LogP contribution in [-0.2, 0) is 11.4 Å². The lowest BCUT2D eigenvalue weighted by molar-refractivity contribution is -0.131. The monoisotopic (exact) mass is 299 g/mol. The molecule has 5 nitrogen and oxygen atoms in total. The Labute approximate surface area is 128 Å². The lowest BCUT2D eigenvalue weighted by atomic mass is 10.1. The van der Waals surface area contributed by atoms with Crippen molar-refractivity contribution in [1.82, 2.24) is 4.98 Å². The van der Waals surface area contributed by atoms with Crippen LogP contribution in [-0.4, -0.2) is 22.7 Å². The largest absolute Gasteiger partial charge is 0.490 e. The van der Waals surface area contributed by atoms with Crippen molar-refractivity contribution in [2.75, 3.05) is 6.61 Å². The van der Waals surface area contributed by atoms with Gasteiger partial charge in [-0.1, -0.05) is 18.2 Å². The van der Waals surface area contributed by atoms with E-state index in [1.807, 2.05) is 25.1 Å². The number of hydrogen-bond acceptors (Lipinski definition) is 4. The van der Waals surface area contributed by atoms with Crippen LogP contribution in [0, 0.1) is 0 Å². The maximum Gasteiger partial charge on any atom is 0.328 e. The Morgan fingerprint density at radius 3 is 2.77 bits per heavy atom. The van der Waals surface area contributed by atoms with Gasteiger partial charge in [-0.15, -0.1) is 0 Å². The van der Waals surface area contributed by atoms with Crippen LogP contribution in [0.5, 0.6) is 11.5 Å². The highest BCUT2D eigenvalue weighted by Gasteiger charge is 2.10. The van der Waals surface area contributed by atoms with E-state index in [-0.39, 0.29) is 6.61 Å². The summed E-state index contributed by atoms with van der Waals surface area (Å²) in [6.07, 6.45) is 4.25. The van der Waals surface area contributed by atoms with Crippen LogP contribution in [0.1, 0.15) is 18.2 Å². The summed E-state index contributed by atoms with van der Waals surface area (Å²) in [5.41, 5.74) is 1.42. The summed E-state index contributed by atoms with van der Waals surface area (Å²) in [4.78, 5) is 14.9. The highest BCUT2D eigenvalue weighted by atomic mass is 16.5. The van der Waals surface area contributed by atoms with Crippen LogP contribution in [0.3, 0.4) is 0 Å². The molecule has 0 aliphatic heterocycles. The fourth-order valence-corrected chi connectivity index (χ4v) is 1.88. The zero-order valence-electron chi connectivity index (χ0n) is 12.2. The second-order valence-corrected chi connectivity index (χ2v) is 4.39. The molecular formula is C17H17NO4. The maximum atomic E-state index is 10.7. The van der Waals surface area contributed by atoms with Crippen LogP contribution in [0.25, 0.3) is 6.08 Å². The van der Waals surface area contributed by atoms with Gasteiger partial charge in [0.25, 0.3) is 0 Å². The lowest BCUT2D eigenvalue weighted by Gasteiger charge is -2.14. The van der Waals surface area contributed by atoms with Gasteiger partial charge in [-0.2, -0.15) is 0 Å². The van der Waals surface area contributed by atoms with E-state index in [0.29, 0.717) is 23.7 Å². The van der Waals surface area contributed by atoms with Gasteiger partial charge >= 0.3 is 5.97 Å². The molecule has 22 heavy (non-hydrogen) atoms. The number of para-hydroxylation sites is 1. The van der Waals surface area contributed by atoms with E-state index in [2.05, 4.69) is 4.98 Å². The maximum absolute atomic E-state index is 10.7. The van der Waals surface area contributed by atoms with E-state index in [1.54, 1.807) is 24.4 Å². The highest BCUT2D eigenvalue weighted by Crippen LogP contribution is 2.33. The Hall–Kier alpha value is -2.82. The number of hydrogen-bond donors (Lipinski definition) is 1. The number of aliphatic carboxylic acids is 1. The van der Waals surface area contributed by atoms with Gasteiger partial charge in [-0.3, -0.25) is 4.98 Å². The van der Waals surface area contributed by atoms with Gasteiger partial charge in [-0.05, 0) is 31.2 Å². The summed E-state index contributed by atoms with van der Waals surface area (Å²) < 4.78 is 11.4. The number of benzene rings is 1. The van der Waals surface area contributed by atoms with E-state index >= 15 is 0 Å². The summed E-state index contributed by atoms with van der Waals surface area (Å²) in [6.45, 7) is 2.65. The molecule has 0 fully saturated rings. The van der Waals surface area contributed by atoms with Gasteiger partial charge in [0.05, 0.1) is 12.3 Å². The number of aromatic nitrogens is 1. The van der Waals surface area contributed by atoms with Gasteiger partial charge in [0.15, 0.2) is 11.5 Å². The third-order valence-electron chi connectivity index (χ3n) is 2.81. The molecule has 1 aromatic heterocycles. The molecule has 0 aliphatic carbocycles. The van der Waals surface area contributed by atoms with E-state index in [0.717, 1.165) is 11.8 Å². The third-order valence-corrected chi connectivity index (χ3v) is 2.81. The molecule has 1 N–H and O–H groups in total. The predicted molar refractivity (Wildman–Crippen MR) is 82.8 cm³/mol. The topological polar surface area (TPSA) is 68.7 Å². The number of carboxylic acids is 1. The van der Waals surface area contributed by atoms with Gasteiger partial charge < -0.3 is 14.6 Å². The minimum Gasteiger partial charge on any atom is -0.490 e. The molecule has 2 rings (SSSR count). The number of pyridine rings is 1. The van der Waals surface area contributed by atoms with Crippen LogP contribution in [0.15, 0.2) is 48.7 Å². The highest BCUT2D eigenvalue weighted by molar-refractivity contribution is 5.86. The van der Waals surface area contributed by atoms with E-state index in [4.69, 9.17) is 14.6 Å². The number of carboxylic acid groups (broad SMARTS) is 1. The van der Waals surface area contributed by atoms with Crippen molar-refractivity contribution in [3.05, 3.63) is 59.9 Å². The van der Waals surface area contributed by atoms with Crippen molar-refractivity contribution in [3.8, 4) is 11.5 Å². The first kappa shape index (κ1) is 15.6. The first-order chi connectivity index (χ1) is 10.7. The zero-order valence-corrected chi connectivity index (χ0v) is 12.2. The first-order valence-electron chi connectivity index (χ1n) is 6.90. The second kappa shape index (κ2) is 7.83. The Morgan fingerprint density at radius 2 is 2.09 bits per heavy atom. The molecule has 0 saturated carbocycles. The van der Waals surface area contributed by atoms with Crippen molar-refractivity contribution < 1.29 is 19.4 Å². The molecule has 0 saturated heterocycles. The fraction of sp³-hybridized carbons (Fsp3) is 0.176. The number of ether oxygens (including phenoxy) is 2. The molecule has 0 spiro atoms. The lowest BCUT2D eigenvalue weighted by Crippen LogP contribution is -2.02. The first-order valence-corrected chi connectivity index (χ1v) is 6.90. The fourth-order valence-electron chi connectivity index (χ4n) is 1.88. The molecule has 1 aromatic carbocycles. The minimum absolute atomic E-state index is 0.277. The van der Waals surface area contributed by atoms with E-state index in [1.165, 1.54) is 6.08 Å². The van der Waals surface area contributed by atoms with Gasteiger partial charge in [0, 0.05) is 17.8 Å². The predicted octanol–water partition coefficient (Wildman–Crippen LogP) is 3.16. The van der Waals surface area contributed by atoms with E-state index in [9.17, 15) is 4.79 Å². The molecule has 0 radical (unpaired) electrons. The van der Waals surface area contributed by atoms with Gasteiger partial charge in [-0.25, -0.2) is 4.79 Å². The Morgan fingerprint density at radius 1 is 1.23 bits per heavy atom. The van der Waals surface area contributed by atoms with E-state index < -0.39 is 5.97 Å². The van der Waals surface area contributed by atoms with Crippen molar-refractivity contribution in [1.29, 1.82) is 0 Å². The quantitative estimate of drug-likeness (QED) is 0.795. The summed E-state index contributed by atoms with van der Waals surface area (Å²) in [6, 6.07) is 10.9. The molecule has 0 atom stereocenters. The number of rotatable bonds is 7. The van der Waals surface area contributed by atoms with Crippen LogP contribution >= 0.6 is 0 Å². The number of carbonyl (C=O) groups is 1. The zero-order chi connectivity index (χ0) is 15.8. The van der Waals surface area contributed by atoms with Crippen LogP contribution in [0.2, 0.25) is 0 Å². The molecule has 1 heterocycles. The molecule has 5 heteroatoms. The smallest absolute Gasteiger partial charge is 0.328 e. The molecule has 0 aliphatic rings. The van der Waals surface area contributed by atoms with Crippen molar-refractivity contribution in [3.63, 3.8) is 0 Å². The molecule has 114 valence electrons. The summed E-state index contributed by atoms with van der Waals surface area (Å²) in [5, 5.41) is 8.78. The standard InChI is InChI=1S/C17H17NO4/c1-2-21-15-8-5-6-13(9-10-16(19)20)17(15)22-12-14-7-3-4-11-18-14/h3-11H,2,12H2,1H3,(H,19,20). The minimum atomic E-state index is -1.02. The van der Waals surface area contributed by atoms with Crippen LogP contribution < -0.4 is 9.47 Å². The molecular weight excluding hydrogens is 282 g/mol. The van der Waals surface area contributed by atoms with Crippen molar-refractivity contribution >= 4 is 12.0 Å². The Kier molecular flexibility index (Phi) is 5.54. The van der Waals surface area contributed by atoms with Crippen molar-refractivity contribution in [2.24, 2.45) is 0 Å². The number of nitrogens with zero attached hydrogens (tertiary/aromatic N) is 1. The molecule has 0 amide bonds. The Bertz CT molecular complexity index is 653. The van der Waals surface area contributed by atoms with Crippen LogP contribution in [0.4, 0.5) is 0 Å². The Balaban J connectivity index is 2.26. The third kappa shape index (κ3) is 4.34. The van der Waals surface area contributed by atoms with Gasteiger partial charge in [0.2, 0.25) is 0 Å². The SMILES string of the molecule is CCOc1cccc(C=CC(=O)O)c1OCc1ccccn1. The second-order valence-electron chi connectivity index (χ2n) is 4.39. The summed E-state index contributed by atoms with van der Waals surface area (Å²) >= 11 is 0. The average molecular weight is 299 g/mol. The molecule has 2 aromatic rings. The van der Waals surface area contributed by atoms with Crippen molar-refractivity contribution in [2.45, 2.75) is 13.5 Å².